The fourth-order valence-electron chi connectivity index (χ4n) is 1.82. The SMILES string of the molecule is COc1ncnc(OC)c1C(=O)N(C)CC(C)(C)CN. The molecule has 7 heteroatoms. The van der Waals surface area contributed by atoms with Crippen molar-refractivity contribution in [3.05, 3.63) is 11.9 Å². The highest BCUT2D eigenvalue weighted by atomic mass is 16.5. The standard InChI is InChI=1S/C13H22N4O3/c1-13(2,6-14)7-17(3)12(18)9-10(19-4)15-8-16-11(9)20-5/h8H,6-7,14H2,1-5H3. The first-order valence-electron chi connectivity index (χ1n) is 6.24. The molecule has 1 rings (SSSR count). The van der Waals surface area contributed by atoms with E-state index >= 15 is 0 Å². The molecule has 1 heterocycles. The first-order chi connectivity index (χ1) is 9.36. The van der Waals surface area contributed by atoms with Crippen molar-refractivity contribution in [3.8, 4) is 11.8 Å². The molecule has 7 nitrogen and oxygen atoms in total. The zero-order valence-corrected chi connectivity index (χ0v) is 12.6. The molecule has 0 aliphatic rings. The highest BCUT2D eigenvalue weighted by Crippen LogP contribution is 2.26. The second-order valence-electron chi connectivity index (χ2n) is 5.30. The number of rotatable bonds is 6. The topological polar surface area (TPSA) is 90.6 Å². The van der Waals surface area contributed by atoms with E-state index in [1.807, 2.05) is 13.8 Å². The summed E-state index contributed by atoms with van der Waals surface area (Å²) in [5, 5.41) is 0. The van der Waals surface area contributed by atoms with E-state index in [9.17, 15) is 4.79 Å². The van der Waals surface area contributed by atoms with Crippen LogP contribution in [0.5, 0.6) is 11.8 Å². The molecular formula is C13H22N4O3. The Balaban J connectivity index is 3.08. The van der Waals surface area contributed by atoms with Crippen molar-refractivity contribution in [2.24, 2.45) is 11.1 Å². The number of ether oxygens (including phenoxy) is 2. The van der Waals surface area contributed by atoms with Gasteiger partial charge in [-0.25, -0.2) is 9.97 Å². The van der Waals surface area contributed by atoms with Gasteiger partial charge in [-0.1, -0.05) is 13.8 Å². The summed E-state index contributed by atoms with van der Waals surface area (Å²) in [7, 11) is 4.59. The molecule has 0 unspecified atom stereocenters. The fraction of sp³-hybridized carbons (Fsp3) is 0.615. The van der Waals surface area contributed by atoms with Crippen LogP contribution in [0, 0.1) is 5.41 Å². The van der Waals surface area contributed by atoms with E-state index < -0.39 is 0 Å². The van der Waals surface area contributed by atoms with Crippen molar-refractivity contribution in [2.45, 2.75) is 13.8 Å². The second kappa shape index (κ2) is 6.51. The van der Waals surface area contributed by atoms with Gasteiger partial charge in [0.1, 0.15) is 6.33 Å². The highest BCUT2D eigenvalue weighted by Gasteiger charge is 2.27. The summed E-state index contributed by atoms with van der Waals surface area (Å²) in [4.78, 5) is 22.0. The number of amides is 1. The van der Waals surface area contributed by atoms with Crippen molar-refractivity contribution in [2.75, 3.05) is 34.4 Å². The summed E-state index contributed by atoms with van der Waals surface area (Å²) in [6.07, 6.45) is 1.29. The molecular weight excluding hydrogens is 260 g/mol. The lowest BCUT2D eigenvalue weighted by Gasteiger charge is -2.29. The summed E-state index contributed by atoms with van der Waals surface area (Å²) >= 11 is 0. The Morgan fingerprint density at radius 3 is 2.20 bits per heavy atom. The van der Waals surface area contributed by atoms with E-state index in [-0.39, 0.29) is 28.6 Å². The third-order valence-corrected chi connectivity index (χ3v) is 2.94. The van der Waals surface area contributed by atoms with Gasteiger partial charge < -0.3 is 20.1 Å². The molecule has 0 spiro atoms. The summed E-state index contributed by atoms with van der Waals surface area (Å²) in [5.41, 5.74) is 5.73. The van der Waals surface area contributed by atoms with E-state index in [0.717, 1.165) is 0 Å². The molecule has 0 bridgehead atoms. The number of nitrogens with zero attached hydrogens (tertiary/aromatic N) is 3. The van der Waals surface area contributed by atoms with Crippen LogP contribution in [0.1, 0.15) is 24.2 Å². The van der Waals surface area contributed by atoms with Crippen LogP contribution < -0.4 is 15.2 Å². The fourth-order valence-corrected chi connectivity index (χ4v) is 1.82. The first kappa shape index (κ1) is 16.2. The van der Waals surface area contributed by atoms with Crippen LogP contribution in [-0.2, 0) is 0 Å². The summed E-state index contributed by atoms with van der Waals surface area (Å²) in [6.45, 7) is 4.97. The molecule has 112 valence electrons. The third kappa shape index (κ3) is 3.57. The quantitative estimate of drug-likeness (QED) is 0.819. The van der Waals surface area contributed by atoms with Gasteiger partial charge in [-0.3, -0.25) is 4.79 Å². The van der Waals surface area contributed by atoms with Gasteiger partial charge in [0.25, 0.3) is 5.91 Å². The van der Waals surface area contributed by atoms with Crippen LogP contribution >= 0.6 is 0 Å². The van der Waals surface area contributed by atoms with Gasteiger partial charge in [0.15, 0.2) is 5.56 Å². The van der Waals surface area contributed by atoms with Crippen molar-refractivity contribution in [1.82, 2.24) is 14.9 Å². The predicted octanol–water partition coefficient (Wildman–Crippen LogP) is 0.551. The maximum atomic E-state index is 12.5. The molecule has 0 atom stereocenters. The number of carbonyl (C=O) groups excluding carboxylic acids is 1. The van der Waals surface area contributed by atoms with Crippen LogP contribution in [0.4, 0.5) is 0 Å². The summed E-state index contributed by atoms with van der Waals surface area (Å²) in [5.74, 6) is 0.124. The van der Waals surface area contributed by atoms with Gasteiger partial charge in [-0.2, -0.15) is 0 Å². The lowest BCUT2D eigenvalue weighted by molar-refractivity contribution is 0.0731. The van der Waals surface area contributed by atoms with Crippen LogP contribution in [-0.4, -0.2) is 55.1 Å². The Morgan fingerprint density at radius 2 is 1.80 bits per heavy atom. The molecule has 0 aliphatic heterocycles. The minimum atomic E-state index is -0.263. The molecule has 0 aliphatic carbocycles. The third-order valence-electron chi connectivity index (χ3n) is 2.94. The van der Waals surface area contributed by atoms with Crippen molar-refractivity contribution >= 4 is 5.91 Å². The number of nitrogens with two attached hydrogens (primary N) is 1. The number of hydrogen-bond acceptors (Lipinski definition) is 6. The molecule has 1 aromatic rings. The van der Waals surface area contributed by atoms with E-state index in [1.165, 1.54) is 20.5 Å². The van der Waals surface area contributed by atoms with Gasteiger partial charge >= 0.3 is 0 Å². The average Bonchev–Trinajstić information content (AvgIpc) is 2.44. The van der Waals surface area contributed by atoms with Gasteiger partial charge in [0.05, 0.1) is 14.2 Å². The predicted molar refractivity (Wildman–Crippen MR) is 74.9 cm³/mol. The lowest BCUT2D eigenvalue weighted by atomic mass is 9.93. The molecule has 0 fully saturated rings. The van der Waals surface area contributed by atoms with Gasteiger partial charge in [0.2, 0.25) is 11.8 Å². The second-order valence-corrected chi connectivity index (χ2v) is 5.30. The van der Waals surface area contributed by atoms with Crippen molar-refractivity contribution in [1.29, 1.82) is 0 Å². The van der Waals surface area contributed by atoms with E-state index in [1.54, 1.807) is 11.9 Å². The summed E-state index contributed by atoms with van der Waals surface area (Å²) < 4.78 is 10.2. The molecule has 20 heavy (non-hydrogen) atoms. The van der Waals surface area contributed by atoms with Crippen LogP contribution in [0.25, 0.3) is 0 Å². The smallest absolute Gasteiger partial charge is 0.264 e. The summed E-state index contributed by atoms with van der Waals surface area (Å²) in [6, 6.07) is 0. The molecule has 0 aromatic carbocycles. The van der Waals surface area contributed by atoms with Gasteiger partial charge in [0, 0.05) is 13.6 Å². The number of carbonyl (C=O) groups is 1. The van der Waals surface area contributed by atoms with Crippen molar-refractivity contribution < 1.29 is 14.3 Å². The highest BCUT2D eigenvalue weighted by molar-refractivity contribution is 5.98. The Kier molecular flexibility index (Phi) is 5.26. The van der Waals surface area contributed by atoms with Crippen LogP contribution in [0.15, 0.2) is 6.33 Å². The Labute approximate surface area is 119 Å². The Bertz CT molecular complexity index is 454. The van der Waals surface area contributed by atoms with Crippen LogP contribution in [0.2, 0.25) is 0 Å². The normalized spacial score (nSPS) is 11.1. The minimum Gasteiger partial charge on any atom is -0.480 e. The lowest BCUT2D eigenvalue weighted by Crippen LogP contribution is -2.40. The first-order valence-corrected chi connectivity index (χ1v) is 6.24. The zero-order chi connectivity index (χ0) is 15.3. The van der Waals surface area contributed by atoms with E-state index in [2.05, 4.69) is 9.97 Å². The van der Waals surface area contributed by atoms with Crippen LogP contribution in [0.3, 0.4) is 0 Å². The monoisotopic (exact) mass is 282 g/mol. The molecule has 1 aromatic heterocycles. The number of aromatic nitrogens is 2. The van der Waals surface area contributed by atoms with Gasteiger partial charge in [-0.05, 0) is 12.0 Å². The maximum absolute atomic E-state index is 12.5. The maximum Gasteiger partial charge on any atom is 0.264 e. The van der Waals surface area contributed by atoms with E-state index in [4.69, 9.17) is 15.2 Å². The Hall–Kier alpha value is -1.89. The van der Waals surface area contributed by atoms with Gasteiger partial charge in [-0.15, -0.1) is 0 Å². The zero-order valence-electron chi connectivity index (χ0n) is 12.6. The largest absolute Gasteiger partial charge is 0.480 e. The number of hydrogen-bond donors (Lipinski definition) is 1. The van der Waals surface area contributed by atoms with E-state index in [0.29, 0.717) is 13.1 Å². The average molecular weight is 282 g/mol. The molecule has 0 radical (unpaired) electrons. The molecule has 0 saturated carbocycles. The molecule has 2 N–H and O–H groups in total. The van der Waals surface area contributed by atoms with Crippen molar-refractivity contribution in [3.63, 3.8) is 0 Å². The molecule has 0 saturated heterocycles. The molecule has 1 amide bonds. The Morgan fingerprint density at radius 1 is 1.30 bits per heavy atom. The number of methoxy groups -OCH3 is 2. The minimum absolute atomic E-state index is 0.180.